The summed E-state index contributed by atoms with van der Waals surface area (Å²) >= 11 is 0. The SMILES string of the molecule is CCCCCCCCCCCCCC[C@@H](O)[C@@H](O)[C@@H](/C=C(/F)CCCCCCCCCCCCCCCCCCCCCCC[Si](C)(C)C)COC1OC(CO)C(O)C(O)C1O. The van der Waals surface area contributed by atoms with Crippen LogP contribution >= 0.6 is 0 Å². The fourth-order valence-corrected chi connectivity index (χ4v) is 10.2. The van der Waals surface area contributed by atoms with E-state index in [0.717, 1.165) is 44.9 Å². The molecule has 8 nitrogen and oxygen atoms in total. The Bertz CT molecular complexity index is 1010. The van der Waals surface area contributed by atoms with Crippen molar-refractivity contribution in [2.24, 2.45) is 5.92 Å². The monoisotopic (exact) mass is 903 g/mol. The van der Waals surface area contributed by atoms with Crippen molar-refractivity contribution in [3.63, 3.8) is 0 Å². The Balaban J connectivity index is 2.28. The lowest BCUT2D eigenvalue weighted by Crippen LogP contribution is -2.59. The van der Waals surface area contributed by atoms with Gasteiger partial charge in [-0.2, -0.15) is 0 Å². The van der Waals surface area contributed by atoms with Crippen LogP contribution in [0.3, 0.4) is 0 Å². The van der Waals surface area contributed by atoms with Gasteiger partial charge in [0.05, 0.1) is 31.2 Å². The van der Waals surface area contributed by atoms with Crippen molar-refractivity contribution in [3.8, 4) is 0 Å². The highest BCUT2D eigenvalue weighted by atomic mass is 28.3. The number of aliphatic hydroxyl groups excluding tert-OH is 6. The second kappa shape index (κ2) is 39.7. The first-order valence-corrected chi connectivity index (χ1v) is 30.3. The summed E-state index contributed by atoms with van der Waals surface area (Å²) in [5.74, 6) is -1.30. The Kier molecular flexibility index (Phi) is 38.2. The Morgan fingerprint density at radius 3 is 1.35 bits per heavy atom. The van der Waals surface area contributed by atoms with Crippen LogP contribution in [0.15, 0.2) is 11.9 Å². The Labute approximate surface area is 382 Å². The quantitative estimate of drug-likeness (QED) is 0.0262. The van der Waals surface area contributed by atoms with Gasteiger partial charge in [-0.05, 0) is 25.3 Å². The Hall–Kier alpha value is -0.433. The maximum absolute atomic E-state index is 15.3. The highest BCUT2D eigenvalue weighted by Crippen LogP contribution is 2.26. The number of unbranched alkanes of at least 4 members (excludes halogenated alkanes) is 31. The van der Waals surface area contributed by atoms with Gasteiger partial charge in [0.25, 0.3) is 0 Å². The van der Waals surface area contributed by atoms with Crippen molar-refractivity contribution < 1.29 is 44.5 Å². The summed E-state index contributed by atoms with van der Waals surface area (Å²) in [4.78, 5) is 0. The topological polar surface area (TPSA) is 140 Å². The lowest BCUT2D eigenvalue weighted by Gasteiger charge is -2.40. The number of halogens is 1. The number of ether oxygens (including phenoxy) is 2. The molecule has 62 heavy (non-hydrogen) atoms. The van der Waals surface area contributed by atoms with Gasteiger partial charge < -0.3 is 40.1 Å². The van der Waals surface area contributed by atoms with E-state index in [1.54, 1.807) is 0 Å². The van der Waals surface area contributed by atoms with Crippen molar-refractivity contribution in [2.75, 3.05) is 13.2 Å². The fourth-order valence-electron chi connectivity index (χ4n) is 8.93. The predicted molar refractivity (Wildman–Crippen MR) is 260 cm³/mol. The van der Waals surface area contributed by atoms with Crippen LogP contribution in [0, 0.1) is 5.92 Å². The van der Waals surface area contributed by atoms with Crippen LogP contribution in [0.5, 0.6) is 0 Å². The minimum absolute atomic E-state index is 0.233. The van der Waals surface area contributed by atoms with Gasteiger partial charge in [-0.3, -0.25) is 0 Å². The lowest BCUT2D eigenvalue weighted by atomic mass is 9.93. The molecular weight excluding hydrogens is 800 g/mol. The van der Waals surface area contributed by atoms with E-state index >= 15 is 4.39 Å². The molecular formula is C52H103FO8Si. The van der Waals surface area contributed by atoms with Gasteiger partial charge in [0.15, 0.2) is 6.29 Å². The van der Waals surface area contributed by atoms with Crippen LogP contribution < -0.4 is 0 Å². The minimum atomic E-state index is -1.61. The summed E-state index contributed by atoms with van der Waals surface area (Å²) in [6.07, 6.45) is 33.9. The van der Waals surface area contributed by atoms with E-state index in [9.17, 15) is 30.6 Å². The third-order valence-corrected chi connectivity index (χ3v) is 15.1. The summed E-state index contributed by atoms with van der Waals surface area (Å²) in [6.45, 7) is 8.81. The van der Waals surface area contributed by atoms with E-state index in [1.165, 1.54) is 173 Å². The molecule has 10 heteroatoms. The van der Waals surface area contributed by atoms with E-state index in [-0.39, 0.29) is 18.9 Å². The maximum atomic E-state index is 15.3. The molecule has 0 radical (unpaired) electrons. The molecule has 1 fully saturated rings. The number of aliphatic hydroxyl groups is 6. The zero-order valence-corrected chi connectivity index (χ0v) is 41.9. The second-order valence-corrected chi connectivity index (χ2v) is 26.2. The van der Waals surface area contributed by atoms with Crippen molar-refractivity contribution in [2.45, 2.75) is 300 Å². The summed E-state index contributed by atoms with van der Waals surface area (Å²) in [7, 11) is -0.840. The first-order chi connectivity index (χ1) is 29.9. The van der Waals surface area contributed by atoms with E-state index in [2.05, 4.69) is 26.6 Å². The molecule has 1 aliphatic heterocycles. The molecule has 370 valence electrons. The van der Waals surface area contributed by atoms with E-state index in [0.29, 0.717) is 12.8 Å². The van der Waals surface area contributed by atoms with Crippen molar-refractivity contribution in [1.29, 1.82) is 0 Å². The molecule has 6 N–H and O–H groups in total. The van der Waals surface area contributed by atoms with Crippen LogP contribution in [-0.2, 0) is 9.47 Å². The van der Waals surface area contributed by atoms with Crippen LogP contribution in [0.4, 0.5) is 4.39 Å². The minimum Gasteiger partial charge on any atom is -0.394 e. The average Bonchev–Trinajstić information content (AvgIpc) is 3.24. The van der Waals surface area contributed by atoms with Gasteiger partial charge in [0, 0.05) is 14.0 Å². The van der Waals surface area contributed by atoms with Crippen molar-refractivity contribution >= 4 is 8.07 Å². The van der Waals surface area contributed by atoms with Gasteiger partial charge in [0.1, 0.15) is 24.4 Å². The van der Waals surface area contributed by atoms with Gasteiger partial charge >= 0.3 is 0 Å². The average molecular weight is 903 g/mol. The zero-order chi connectivity index (χ0) is 45.7. The van der Waals surface area contributed by atoms with Crippen LogP contribution in [0.1, 0.15) is 232 Å². The van der Waals surface area contributed by atoms with E-state index in [1.807, 2.05) is 0 Å². The summed E-state index contributed by atoms with van der Waals surface area (Å²) in [6, 6.07) is 1.49. The number of hydrogen-bond donors (Lipinski definition) is 6. The zero-order valence-electron chi connectivity index (χ0n) is 40.9. The molecule has 0 aliphatic carbocycles. The summed E-state index contributed by atoms with van der Waals surface area (Å²) in [5, 5.41) is 62.5. The van der Waals surface area contributed by atoms with Crippen LogP contribution in [-0.4, -0.2) is 94.8 Å². The molecule has 1 heterocycles. The Morgan fingerprint density at radius 2 is 0.952 bits per heavy atom. The molecule has 0 aromatic carbocycles. The predicted octanol–water partition coefficient (Wildman–Crippen LogP) is 13.0. The molecule has 0 aromatic heterocycles. The third kappa shape index (κ3) is 32.3. The normalized spacial score (nSPS) is 21.4. The smallest absolute Gasteiger partial charge is 0.186 e. The summed E-state index contributed by atoms with van der Waals surface area (Å²) in [5.41, 5.74) is 0. The number of hydrogen-bond acceptors (Lipinski definition) is 8. The molecule has 8 atom stereocenters. The van der Waals surface area contributed by atoms with Gasteiger partial charge in [-0.15, -0.1) is 0 Å². The van der Waals surface area contributed by atoms with E-state index in [4.69, 9.17) is 9.47 Å². The number of allylic oxidation sites excluding steroid dienone is 1. The Morgan fingerprint density at radius 1 is 0.565 bits per heavy atom. The van der Waals surface area contributed by atoms with Crippen LogP contribution in [0.25, 0.3) is 0 Å². The molecule has 0 bridgehead atoms. The fraction of sp³-hybridized carbons (Fsp3) is 0.962. The number of rotatable bonds is 44. The lowest BCUT2D eigenvalue weighted by molar-refractivity contribution is -0.303. The first-order valence-electron chi connectivity index (χ1n) is 26.6. The first kappa shape index (κ1) is 59.6. The molecule has 1 aliphatic rings. The van der Waals surface area contributed by atoms with Gasteiger partial charge in [0.2, 0.25) is 0 Å². The standard InChI is InChI=1S/C52H103FO8Si/c1-5-6-7-8-9-10-11-24-27-30-33-36-39-46(55)48(56)44(43-60-52-51(59)50(58)49(57)47(42-54)61-52)41-45(53)38-35-32-29-26-23-21-19-17-15-13-12-14-16-18-20-22-25-28-31-34-37-40-62(2,3)4/h41,44,46-52,54-59H,5-40,42-43H2,1-4H3/b45-41+/t44-,46+,47?,48-,49?,50?,51?,52?/m0/s1. The second-order valence-electron chi connectivity index (χ2n) is 20.5. The van der Waals surface area contributed by atoms with Gasteiger partial charge in [-0.25, -0.2) is 4.39 Å². The molecule has 0 saturated carbocycles. The highest BCUT2D eigenvalue weighted by molar-refractivity contribution is 6.76. The third-order valence-electron chi connectivity index (χ3n) is 13.2. The largest absolute Gasteiger partial charge is 0.394 e. The van der Waals surface area contributed by atoms with Crippen molar-refractivity contribution in [1.82, 2.24) is 0 Å². The molecule has 0 amide bonds. The van der Waals surface area contributed by atoms with Crippen LogP contribution in [0.2, 0.25) is 25.7 Å². The molecule has 1 saturated heterocycles. The molecule has 5 unspecified atom stereocenters. The van der Waals surface area contributed by atoms with Crippen molar-refractivity contribution in [3.05, 3.63) is 11.9 Å². The maximum Gasteiger partial charge on any atom is 0.186 e. The summed E-state index contributed by atoms with van der Waals surface area (Å²) < 4.78 is 26.5. The molecule has 0 aromatic rings. The molecule has 0 spiro atoms. The van der Waals surface area contributed by atoms with E-state index < -0.39 is 63.5 Å². The van der Waals surface area contributed by atoms with Gasteiger partial charge in [-0.1, -0.05) is 238 Å². The molecule has 1 rings (SSSR count). The highest BCUT2D eigenvalue weighted by Gasteiger charge is 2.44.